The molecule has 3 N–H and O–H groups in total. The van der Waals surface area contributed by atoms with Crippen molar-refractivity contribution < 1.29 is 28.1 Å². The van der Waals surface area contributed by atoms with Gasteiger partial charge in [-0.15, -0.1) is 13.2 Å². The second-order valence-corrected chi connectivity index (χ2v) is 4.72. The average molecular weight is 301 g/mol. The number of aliphatic hydroxyl groups is 2. The Morgan fingerprint density at radius 2 is 1.90 bits per heavy atom. The molecule has 0 bridgehead atoms. The predicted octanol–water partition coefficient (Wildman–Crippen LogP) is 3.17. The van der Waals surface area contributed by atoms with Gasteiger partial charge < -0.3 is 14.9 Å². The Kier molecular flexibility index (Phi) is 4.22. The quantitative estimate of drug-likeness (QED) is 0.577. The second-order valence-electron chi connectivity index (χ2n) is 4.72. The van der Waals surface area contributed by atoms with E-state index < -0.39 is 18.7 Å². The van der Waals surface area contributed by atoms with Crippen LogP contribution in [-0.4, -0.2) is 28.9 Å². The summed E-state index contributed by atoms with van der Waals surface area (Å²) in [6.45, 7) is -0.623. The van der Waals surface area contributed by atoms with Crippen molar-refractivity contribution in [3.63, 3.8) is 0 Å². The number of nitrogens with one attached hydrogen (secondary N) is 1. The number of hydrogen-bond acceptors (Lipinski definition) is 4. The zero-order chi connectivity index (χ0) is 15.6. The van der Waals surface area contributed by atoms with Gasteiger partial charge in [-0.05, 0) is 25.0 Å². The van der Waals surface area contributed by atoms with E-state index >= 15 is 0 Å². The van der Waals surface area contributed by atoms with Gasteiger partial charge >= 0.3 is 6.36 Å². The first kappa shape index (κ1) is 15.4. The number of allylic oxidation sites excluding steroid dienone is 1. The monoisotopic (exact) mass is 301 g/mol. The number of rotatable bonds is 5. The lowest BCUT2D eigenvalue weighted by Gasteiger charge is -2.15. The molecule has 114 valence electrons. The molecular weight excluding hydrogens is 287 g/mol. The molecule has 0 saturated heterocycles. The largest absolute Gasteiger partial charge is 0.573 e. The van der Waals surface area contributed by atoms with E-state index in [1.54, 1.807) is 0 Å². The molecule has 0 heterocycles. The van der Waals surface area contributed by atoms with Crippen LogP contribution in [0.1, 0.15) is 18.4 Å². The van der Waals surface area contributed by atoms with Crippen LogP contribution in [0.4, 0.5) is 13.2 Å². The van der Waals surface area contributed by atoms with Crippen LogP contribution in [0.25, 0.3) is 0 Å². The van der Waals surface area contributed by atoms with Gasteiger partial charge in [-0.3, -0.25) is 5.41 Å². The number of para-hydroxylation sites is 1. The summed E-state index contributed by atoms with van der Waals surface area (Å²) in [6, 6.07) is 5.16. The molecule has 1 aromatic rings. The second kappa shape index (κ2) is 5.77. The molecule has 0 atom stereocenters. The van der Waals surface area contributed by atoms with E-state index in [4.69, 9.17) is 5.41 Å². The Balaban J connectivity index is 2.37. The van der Waals surface area contributed by atoms with Crippen LogP contribution in [0.15, 0.2) is 35.6 Å². The van der Waals surface area contributed by atoms with E-state index in [9.17, 15) is 23.4 Å². The molecule has 0 aliphatic heterocycles. The lowest BCUT2D eigenvalue weighted by Crippen LogP contribution is -2.20. The van der Waals surface area contributed by atoms with Crippen LogP contribution in [-0.2, 0) is 0 Å². The number of halogens is 3. The van der Waals surface area contributed by atoms with E-state index in [1.807, 2.05) is 0 Å². The molecule has 1 aliphatic rings. The average Bonchev–Trinajstić information content (AvgIpc) is 3.22. The fourth-order valence-electron chi connectivity index (χ4n) is 1.94. The van der Waals surface area contributed by atoms with Crippen molar-refractivity contribution in [3.05, 3.63) is 41.2 Å². The summed E-state index contributed by atoms with van der Waals surface area (Å²) in [7, 11) is 0. The number of benzene rings is 1. The highest BCUT2D eigenvalue weighted by Crippen LogP contribution is 2.37. The molecule has 7 heteroatoms. The summed E-state index contributed by atoms with van der Waals surface area (Å²) in [6.07, 6.45) is -3.40. The van der Waals surface area contributed by atoms with Crippen molar-refractivity contribution in [2.45, 2.75) is 19.2 Å². The minimum absolute atomic E-state index is 0.0734. The maximum Gasteiger partial charge on any atom is 0.573 e. The van der Waals surface area contributed by atoms with Gasteiger partial charge in [0.25, 0.3) is 0 Å². The molecule has 1 fully saturated rings. The van der Waals surface area contributed by atoms with Crippen LogP contribution in [0.5, 0.6) is 5.75 Å². The molecule has 21 heavy (non-hydrogen) atoms. The Labute approximate surface area is 119 Å². The molecule has 1 saturated carbocycles. The van der Waals surface area contributed by atoms with Crippen LogP contribution >= 0.6 is 0 Å². The molecule has 0 radical (unpaired) electrons. The molecule has 0 aromatic heterocycles. The minimum Gasteiger partial charge on any atom is -0.512 e. The number of ether oxygens (including phenoxy) is 1. The lowest BCUT2D eigenvalue weighted by atomic mass is 9.99. The maximum atomic E-state index is 12.4. The number of hydrogen-bond donors (Lipinski definition) is 3. The topological polar surface area (TPSA) is 73.5 Å². The van der Waals surface area contributed by atoms with E-state index in [0.717, 1.165) is 18.9 Å². The minimum atomic E-state index is -4.88. The van der Waals surface area contributed by atoms with Crippen LogP contribution in [0.2, 0.25) is 0 Å². The molecule has 0 spiro atoms. The van der Waals surface area contributed by atoms with Crippen molar-refractivity contribution in [2.24, 2.45) is 5.92 Å². The third-order valence-corrected chi connectivity index (χ3v) is 3.12. The standard InChI is InChI=1S/C14H14F3NO3/c15-14(16,17)21-11-4-2-1-3-9(11)12(18)10(7-19)13(20)8-5-6-8/h1-4,8,18-20H,5-7H2/b13-10-,18-12?. The lowest BCUT2D eigenvalue weighted by molar-refractivity contribution is -0.274. The summed E-state index contributed by atoms with van der Waals surface area (Å²) in [5.74, 6) is -0.794. The van der Waals surface area contributed by atoms with E-state index in [-0.39, 0.29) is 28.5 Å². The molecule has 2 rings (SSSR count). The molecule has 0 unspecified atom stereocenters. The maximum absolute atomic E-state index is 12.4. The zero-order valence-corrected chi connectivity index (χ0v) is 10.9. The van der Waals surface area contributed by atoms with Gasteiger partial charge in [0.2, 0.25) is 0 Å². The van der Waals surface area contributed by atoms with Crippen LogP contribution in [0, 0.1) is 11.3 Å². The predicted molar refractivity (Wildman–Crippen MR) is 69.4 cm³/mol. The van der Waals surface area contributed by atoms with Crippen molar-refractivity contribution in [1.29, 1.82) is 5.41 Å². The highest BCUT2D eigenvalue weighted by Gasteiger charge is 2.34. The van der Waals surface area contributed by atoms with Crippen molar-refractivity contribution in [3.8, 4) is 5.75 Å². The first-order chi connectivity index (χ1) is 9.83. The molecule has 0 amide bonds. The first-order valence-corrected chi connectivity index (χ1v) is 6.30. The summed E-state index contributed by atoms with van der Waals surface area (Å²) < 4.78 is 41.0. The Morgan fingerprint density at radius 1 is 1.29 bits per heavy atom. The van der Waals surface area contributed by atoms with Gasteiger partial charge in [0.05, 0.1) is 12.3 Å². The molecule has 4 nitrogen and oxygen atoms in total. The number of aliphatic hydroxyl groups excluding tert-OH is 2. The van der Waals surface area contributed by atoms with Crippen LogP contribution in [0.3, 0.4) is 0 Å². The Bertz CT molecular complexity index is 577. The van der Waals surface area contributed by atoms with Gasteiger partial charge in [0.1, 0.15) is 11.5 Å². The fourth-order valence-corrected chi connectivity index (χ4v) is 1.94. The van der Waals surface area contributed by atoms with Gasteiger partial charge in [0.15, 0.2) is 0 Å². The Morgan fingerprint density at radius 3 is 2.43 bits per heavy atom. The van der Waals surface area contributed by atoms with Gasteiger partial charge in [0, 0.05) is 17.1 Å². The van der Waals surface area contributed by atoms with E-state index in [0.29, 0.717) is 0 Å². The van der Waals surface area contributed by atoms with E-state index in [1.165, 1.54) is 18.2 Å². The fraction of sp³-hybridized carbons (Fsp3) is 0.357. The van der Waals surface area contributed by atoms with Crippen molar-refractivity contribution in [2.75, 3.05) is 6.61 Å². The molecule has 1 aromatic carbocycles. The molecular formula is C14H14F3NO3. The highest BCUT2D eigenvalue weighted by atomic mass is 19.4. The Hall–Kier alpha value is -2.02. The van der Waals surface area contributed by atoms with Gasteiger partial charge in [-0.2, -0.15) is 0 Å². The summed E-state index contributed by atoms with van der Waals surface area (Å²) in [5, 5.41) is 27.2. The third-order valence-electron chi connectivity index (χ3n) is 3.12. The first-order valence-electron chi connectivity index (χ1n) is 6.30. The third kappa shape index (κ3) is 3.75. The van der Waals surface area contributed by atoms with Gasteiger partial charge in [-0.1, -0.05) is 12.1 Å². The normalized spacial score (nSPS) is 16.4. The van der Waals surface area contributed by atoms with Crippen molar-refractivity contribution in [1.82, 2.24) is 0 Å². The highest BCUT2D eigenvalue weighted by molar-refractivity contribution is 6.12. The number of alkyl halides is 3. The van der Waals surface area contributed by atoms with Crippen LogP contribution < -0.4 is 4.74 Å². The smallest absolute Gasteiger partial charge is 0.512 e. The summed E-state index contributed by atoms with van der Waals surface area (Å²) in [4.78, 5) is 0. The SMILES string of the molecule is N=C(/C(CO)=C(\O)C1CC1)c1ccccc1OC(F)(F)F. The zero-order valence-electron chi connectivity index (χ0n) is 10.9. The van der Waals surface area contributed by atoms with E-state index in [2.05, 4.69) is 4.74 Å². The summed E-state index contributed by atoms with van der Waals surface area (Å²) in [5.41, 5.74) is -0.580. The van der Waals surface area contributed by atoms with Gasteiger partial charge in [-0.25, -0.2) is 0 Å². The molecule has 1 aliphatic carbocycles. The van der Waals surface area contributed by atoms with Crippen molar-refractivity contribution >= 4 is 5.71 Å². The summed E-state index contributed by atoms with van der Waals surface area (Å²) >= 11 is 0.